The summed E-state index contributed by atoms with van der Waals surface area (Å²) in [5.41, 5.74) is 4.95. The van der Waals surface area contributed by atoms with Gasteiger partial charge in [-0.15, -0.1) is 0 Å². The van der Waals surface area contributed by atoms with Crippen LogP contribution in [0.25, 0.3) is 0 Å². The van der Waals surface area contributed by atoms with Crippen LogP contribution in [-0.4, -0.2) is 32.0 Å². The third-order valence-electron chi connectivity index (χ3n) is 3.50. The molecule has 0 bridgehead atoms. The van der Waals surface area contributed by atoms with Crippen LogP contribution in [0.15, 0.2) is 0 Å². The smallest absolute Gasteiger partial charge is 0.227 e. The molecule has 1 atom stereocenters. The maximum Gasteiger partial charge on any atom is 0.227 e. The van der Waals surface area contributed by atoms with E-state index in [-0.39, 0.29) is 11.8 Å². The number of hydrogen-bond donors (Lipinski definition) is 3. The SMILES string of the molecule is CCC(CCN)CCC(=O)NCC(C)(C)C(=O)NC. The van der Waals surface area contributed by atoms with Crippen LogP contribution >= 0.6 is 0 Å². The number of rotatable bonds is 9. The first-order valence-electron chi connectivity index (χ1n) is 7.06. The Morgan fingerprint density at radius 2 is 1.89 bits per heavy atom. The molecule has 0 saturated heterocycles. The van der Waals surface area contributed by atoms with Gasteiger partial charge in [0.25, 0.3) is 0 Å². The van der Waals surface area contributed by atoms with Gasteiger partial charge in [0, 0.05) is 20.0 Å². The van der Waals surface area contributed by atoms with E-state index in [9.17, 15) is 9.59 Å². The Hall–Kier alpha value is -1.10. The molecule has 1 unspecified atom stereocenters. The maximum atomic E-state index is 11.8. The van der Waals surface area contributed by atoms with Crippen molar-refractivity contribution in [3.63, 3.8) is 0 Å². The molecule has 0 aromatic rings. The molecule has 0 aliphatic carbocycles. The van der Waals surface area contributed by atoms with E-state index in [1.165, 1.54) is 0 Å². The zero-order valence-corrected chi connectivity index (χ0v) is 12.7. The zero-order valence-electron chi connectivity index (χ0n) is 12.7. The van der Waals surface area contributed by atoms with Crippen molar-refractivity contribution in [2.45, 2.75) is 46.5 Å². The number of nitrogens with two attached hydrogens (primary N) is 1. The third kappa shape index (κ3) is 7.15. The van der Waals surface area contributed by atoms with Crippen LogP contribution in [0.4, 0.5) is 0 Å². The van der Waals surface area contributed by atoms with Crippen molar-refractivity contribution < 1.29 is 9.59 Å². The molecule has 0 aromatic heterocycles. The number of carbonyl (C=O) groups is 2. The molecule has 0 rings (SSSR count). The topological polar surface area (TPSA) is 84.2 Å². The van der Waals surface area contributed by atoms with E-state index in [1.54, 1.807) is 7.05 Å². The lowest BCUT2D eigenvalue weighted by atomic mass is 9.92. The summed E-state index contributed by atoms with van der Waals surface area (Å²) >= 11 is 0. The molecule has 112 valence electrons. The van der Waals surface area contributed by atoms with Gasteiger partial charge >= 0.3 is 0 Å². The minimum Gasteiger partial charge on any atom is -0.359 e. The number of carbonyl (C=O) groups excluding carboxylic acids is 2. The number of hydrogen-bond acceptors (Lipinski definition) is 3. The van der Waals surface area contributed by atoms with Crippen LogP contribution in [0.1, 0.15) is 46.5 Å². The lowest BCUT2D eigenvalue weighted by Crippen LogP contribution is -2.43. The second-order valence-electron chi connectivity index (χ2n) is 5.63. The fourth-order valence-corrected chi connectivity index (χ4v) is 1.95. The van der Waals surface area contributed by atoms with Gasteiger partial charge in [-0.25, -0.2) is 0 Å². The Morgan fingerprint density at radius 3 is 2.37 bits per heavy atom. The fraction of sp³-hybridized carbons (Fsp3) is 0.857. The van der Waals surface area contributed by atoms with Crippen molar-refractivity contribution in [2.75, 3.05) is 20.1 Å². The van der Waals surface area contributed by atoms with Crippen molar-refractivity contribution in [1.82, 2.24) is 10.6 Å². The molecule has 0 spiro atoms. The van der Waals surface area contributed by atoms with Crippen molar-refractivity contribution >= 4 is 11.8 Å². The summed E-state index contributed by atoms with van der Waals surface area (Å²) in [5.74, 6) is 0.456. The summed E-state index contributed by atoms with van der Waals surface area (Å²) in [6.07, 6.45) is 3.38. The van der Waals surface area contributed by atoms with E-state index in [0.717, 1.165) is 19.3 Å². The van der Waals surface area contributed by atoms with Crippen LogP contribution in [0.3, 0.4) is 0 Å². The Bertz CT molecular complexity index is 290. The van der Waals surface area contributed by atoms with Gasteiger partial charge in [-0.05, 0) is 39.2 Å². The summed E-state index contributed by atoms with van der Waals surface area (Å²) in [6, 6.07) is 0. The quantitative estimate of drug-likeness (QED) is 0.585. The number of amides is 2. The molecule has 2 amide bonds. The van der Waals surface area contributed by atoms with Crippen LogP contribution in [0.2, 0.25) is 0 Å². The second kappa shape index (κ2) is 8.91. The first-order chi connectivity index (χ1) is 8.87. The highest BCUT2D eigenvalue weighted by atomic mass is 16.2. The van der Waals surface area contributed by atoms with E-state index in [2.05, 4.69) is 17.6 Å². The Morgan fingerprint density at radius 1 is 1.26 bits per heavy atom. The minimum atomic E-state index is -0.578. The Kier molecular flexibility index (Phi) is 8.39. The average Bonchev–Trinajstić information content (AvgIpc) is 2.40. The molecular formula is C14H29N3O2. The average molecular weight is 271 g/mol. The summed E-state index contributed by atoms with van der Waals surface area (Å²) in [4.78, 5) is 23.3. The minimum absolute atomic E-state index is 0.00690. The molecule has 0 radical (unpaired) electrons. The molecule has 5 heteroatoms. The second-order valence-corrected chi connectivity index (χ2v) is 5.63. The summed E-state index contributed by atoms with van der Waals surface area (Å²) < 4.78 is 0. The van der Waals surface area contributed by atoms with E-state index < -0.39 is 5.41 Å². The van der Waals surface area contributed by atoms with Crippen LogP contribution in [0, 0.1) is 11.3 Å². The van der Waals surface area contributed by atoms with Gasteiger partial charge in [-0.1, -0.05) is 13.3 Å². The molecule has 0 heterocycles. The van der Waals surface area contributed by atoms with Crippen molar-refractivity contribution in [3.05, 3.63) is 0 Å². The van der Waals surface area contributed by atoms with Gasteiger partial charge in [0.15, 0.2) is 0 Å². The fourth-order valence-electron chi connectivity index (χ4n) is 1.95. The third-order valence-corrected chi connectivity index (χ3v) is 3.50. The molecule has 0 aliphatic heterocycles. The normalized spacial score (nSPS) is 12.9. The van der Waals surface area contributed by atoms with Gasteiger partial charge in [0.1, 0.15) is 0 Å². The largest absolute Gasteiger partial charge is 0.359 e. The van der Waals surface area contributed by atoms with Crippen molar-refractivity contribution in [3.8, 4) is 0 Å². The van der Waals surface area contributed by atoms with Crippen LogP contribution < -0.4 is 16.4 Å². The highest BCUT2D eigenvalue weighted by Crippen LogP contribution is 2.15. The van der Waals surface area contributed by atoms with Gasteiger partial charge < -0.3 is 16.4 Å². The van der Waals surface area contributed by atoms with E-state index in [4.69, 9.17) is 5.73 Å². The highest BCUT2D eigenvalue weighted by Gasteiger charge is 2.26. The lowest BCUT2D eigenvalue weighted by molar-refractivity contribution is -0.129. The Balaban J connectivity index is 4.02. The van der Waals surface area contributed by atoms with Crippen LogP contribution in [-0.2, 0) is 9.59 Å². The zero-order chi connectivity index (χ0) is 14.9. The molecule has 0 aromatic carbocycles. The Labute approximate surface area is 116 Å². The predicted octanol–water partition coefficient (Wildman–Crippen LogP) is 1.03. The first kappa shape index (κ1) is 17.9. The van der Waals surface area contributed by atoms with E-state index >= 15 is 0 Å². The molecule has 4 N–H and O–H groups in total. The summed E-state index contributed by atoms with van der Waals surface area (Å²) in [7, 11) is 1.60. The van der Waals surface area contributed by atoms with Crippen molar-refractivity contribution in [1.29, 1.82) is 0 Å². The molecule has 5 nitrogen and oxygen atoms in total. The molecule has 0 fully saturated rings. The summed E-state index contributed by atoms with van der Waals surface area (Å²) in [5, 5.41) is 5.43. The lowest BCUT2D eigenvalue weighted by Gasteiger charge is -2.23. The van der Waals surface area contributed by atoms with Gasteiger partial charge in [0.2, 0.25) is 11.8 Å². The van der Waals surface area contributed by atoms with Crippen LogP contribution in [0.5, 0.6) is 0 Å². The van der Waals surface area contributed by atoms with Crippen molar-refractivity contribution in [2.24, 2.45) is 17.1 Å². The predicted molar refractivity (Wildman–Crippen MR) is 77.5 cm³/mol. The van der Waals surface area contributed by atoms with Gasteiger partial charge in [-0.2, -0.15) is 0 Å². The molecule has 0 saturated carbocycles. The first-order valence-corrected chi connectivity index (χ1v) is 7.06. The molecule has 0 aliphatic rings. The molecule has 19 heavy (non-hydrogen) atoms. The molecular weight excluding hydrogens is 242 g/mol. The highest BCUT2D eigenvalue weighted by molar-refractivity contribution is 5.83. The number of nitrogens with one attached hydrogen (secondary N) is 2. The summed E-state index contributed by atoms with van der Waals surface area (Å²) in [6.45, 7) is 6.78. The van der Waals surface area contributed by atoms with E-state index in [0.29, 0.717) is 25.4 Å². The maximum absolute atomic E-state index is 11.8. The van der Waals surface area contributed by atoms with E-state index in [1.807, 2.05) is 13.8 Å². The van der Waals surface area contributed by atoms with Gasteiger partial charge in [0.05, 0.1) is 5.41 Å². The standard InChI is InChI=1S/C14H29N3O2/c1-5-11(8-9-15)6-7-12(18)17-10-14(2,3)13(19)16-4/h11H,5-10,15H2,1-4H3,(H,16,19)(H,17,18). The van der Waals surface area contributed by atoms with Gasteiger partial charge in [-0.3, -0.25) is 9.59 Å². The monoisotopic (exact) mass is 271 g/mol.